The van der Waals surface area contributed by atoms with Gasteiger partial charge in [-0.3, -0.25) is 19.2 Å². The predicted octanol–water partition coefficient (Wildman–Crippen LogP) is 6.03. The molecule has 1 fully saturated rings. The number of halogens is 3. The molecule has 3 aromatic rings. The topological polar surface area (TPSA) is 86.8 Å². The van der Waals surface area contributed by atoms with Gasteiger partial charge in [0.15, 0.2) is 0 Å². The van der Waals surface area contributed by atoms with Gasteiger partial charge in [-0.25, -0.2) is 0 Å². The molecular weight excluding hydrogens is 571 g/mol. The summed E-state index contributed by atoms with van der Waals surface area (Å²) in [5.41, 5.74) is 2.46. The maximum absolute atomic E-state index is 13.1. The van der Waals surface area contributed by atoms with E-state index in [2.05, 4.69) is 10.2 Å². The first-order valence-corrected chi connectivity index (χ1v) is 14.6. The fourth-order valence-electron chi connectivity index (χ4n) is 5.34. The lowest BCUT2D eigenvalue weighted by molar-refractivity contribution is -0.137. The molecule has 1 saturated heterocycles. The van der Waals surface area contributed by atoms with Crippen molar-refractivity contribution in [3.05, 3.63) is 101 Å². The smallest absolute Gasteiger partial charge is 0.367 e. The molecule has 1 N–H and O–H groups in total. The van der Waals surface area contributed by atoms with Crippen LogP contribution in [0.3, 0.4) is 0 Å². The lowest BCUT2D eigenvalue weighted by atomic mass is 9.85. The van der Waals surface area contributed by atoms with E-state index < -0.39 is 23.3 Å². The maximum atomic E-state index is 13.1. The molecule has 2 atom stereocenters. The molecule has 0 bridgehead atoms. The molecule has 1 unspecified atom stereocenters. The van der Waals surface area contributed by atoms with Crippen LogP contribution in [0.15, 0.2) is 72.8 Å². The first-order valence-electron chi connectivity index (χ1n) is 14.6. The van der Waals surface area contributed by atoms with E-state index in [-0.39, 0.29) is 36.7 Å². The SMILES string of the molecule is CCC(=O)C(=O)c1ccc(CNC(=O)c2ccc(N3CC(c4ccc(C(F)(F)F)cc4)CC[C@H]3CC(=O)N(C)C)cc2)cc1. The number of hydrogen-bond acceptors (Lipinski definition) is 5. The summed E-state index contributed by atoms with van der Waals surface area (Å²) in [6, 6.07) is 18.7. The van der Waals surface area contributed by atoms with Crippen molar-refractivity contribution >= 4 is 29.1 Å². The Morgan fingerprint density at radius 1 is 0.864 bits per heavy atom. The standard InChI is InChI=1S/C34H36F3N3O4/c1-4-30(41)32(43)24-7-5-22(6-8-24)20-38-33(44)25-11-16-28(17-12-25)40-21-26(13-18-29(40)19-31(42)39(2)3)23-9-14-27(15-10-23)34(35,36)37/h5-12,14-17,26,29H,4,13,18-21H2,1-3H3,(H,38,44)/t26?,29-/m0/s1. The zero-order valence-electron chi connectivity index (χ0n) is 25.0. The van der Waals surface area contributed by atoms with Crippen molar-refractivity contribution < 1.29 is 32.3 Å². The van der Waals surface area contributed by atoms with Gasteiger partial charge in [0, 0.05) is 68.8 Å². The molecule has 1 aliphatic rings. The largest absolute Gasteiger partial charge is 0.416 e. The number of Topliss-reactive ketones (excluding diaryl/α,β-unsaturated/α-hetero) is 2. The number of nitrogens with one attached hydrogen (secondary N) is 1. The number of benzene rings is 3. The van der Waals surface area contributed by atoms with Crippen LogP contribution in [0.2, 0.25) is 0 Å². The Morgan fingerprint density at radius 3 is 2.05 bits per heavy atom. The third-order valence-corrected chi connectivity index (χ3v) is 8.03. The lowest BCUT2D eigenvalue weighted by Gasteiger charge is -2.41. The second-order valence-corrected chi connectivity index (χ2v) is 11.2. The Hall–Kier alpha value is -4.47. The minimum atomic E-state index is -4.40. The number of ketones is 2. The summed E-state index contributed by atoms with van der Waals surface area (Å²) in [7, 11) is 3.41. The molecule has 44 heavy (non-hydrogen) atoms. The number of amides is 2. The van der Waals surface area contributed by atoms with Gasteiger partial charge < -0.3 is 15.1 Å². The van der Waals surface area contributed by atoms with Gasteiger partial charge in [-0.1, -0.05) is 43.3 Å². The maximum Gasteiger partial charge on any atom is 0.416 e. The second-order valence-electron chi connectivity index (χ2n) is 11.2. The van der Waals surface area contributed by atoms with E-state index in [1.165, 1.54) is 12.1 Å². The van der Waals surface area contributed by atoms with E-state index >= 15 is 0 Å². The summed E-state index contributed by atoms with van der Waals surface area (Å²) in [5.74, 6) is -1.31. The van der Waals surface area contributed by atoms with Gasteiger partial charge in [0.05, 0.1) is 5.56 Å². The van der Waals surface area contributed by atoms with Crippen molar-refractivity contribution in [2.45, 2.75) is 57.3 Å². The number of carbonyl (C=O) groups is 4. The van der Waals surface area contributed by atoms with Gasteiger partial charge in [0.2, 0.25) is 17.5 Å². The number of piperidine rings is 1. The summed E-state index contributed by atoms with van der Waals surface area (Å²) in [6.07, 6.45) is -2.54. The molecule has 0 saturated carbocycles. The number of carbonyl (C=O) groups excluding carboxylic acids is 4. The highest BCUT2D eigenvalue weighted by Crippen LogP contribution is 2.36. The lowest BCUT2D eigenvalue weighted by Crippen LogP contribution is -2.45. The quantitative estimate of drug-likeness (QED) is 0.225. The summed E-state index contributed by atoms with van der Waals surface area (Å²) >= 11 is 0. The highest BCUT2D eigenvalue weighted by Gasteiger charge is 2.33. The van der Waals surface area contributed by atoms with E-state index in [0.29, 0.717) is 30.5 Å². The van der Waals surface area contributed by atoms with Gasteiger partial charge in [0.25, 0.3) is 5.91 Å². The fourth-order valence-corrected chi connectivity index (χ4v) is 5.34. The number of nitrogens with zero attached hydrogens (tertiary/aromatic N) is 2. The minimum absolute atomic E-state index is 0.0154. The average molecular weight is 608 g/mol. The Balaban J connectivity index is 1.45. The van der Waals surface area contributed by atoms with Crippen molar-refractivity contribution in [3.8, 4) is 0 Å². The van der Waals surface area contributed by atoms with E-state index in [1.807, 2.05) is 12.1 Å². The Bertz CT molecular complexity index is 1480. The molecule has 3 aromatic carbocycles. The number of rotatable bonds is 10. The molecule has 0 aromatic heterocycles. The normalized spacial score (nSPS) is 16.7. The van der Waals surface area contributed by atoms with Crippen LogP contribution in [0.25, 0.3) is 0 Å². The van der Waals surface area contributed by atoms with Crippen molar-refractivity contribution in [1.82, 2.24) is 10.2 Å². The van der Waals surface area contributed by atoms with Crippen LogP contribution in [0.1, 0.15) is 75.9 Å². The fraction of sp³-hybridized carbons (Fsp3) is 0.353. The summed E-state index contributed by atoms with van der Waals surface area (Å²) < 4.78 is 39.3. The molecule has 0 aliphatic carbocycles. The van der Waals surface area contributed by atoms with Crippen LogP contribution < -0.4 is 10.2 Å². The Morgan fingerprint density at radius 2 is 1.48 bits per heavy atom. The molecule has 1 heterocycles. The van der Waals surface area contributed by atoms with Crippen molar-refractivity contribution in [3.63, 3.8) is 0 Å². The molecule has 232 valence electrons. The van der Waals surface area contributed by atoms with Crippen LogP contribution in [0.4, 0.5) is 18.9 Å². The molecule has 0 spiro atoms. The third-order valence-electron chi connectivity index (χ3n) is 8.03. The van der Waals surface area contributed by atoms with E-state index in [0.717, 1.165) is 35.4 Å². The average Bonchev–Trinajstić information content (AvgIpc) is 3.03. The van der Waals surface area contributed by atoms with Gasteiger partial charge in [0.1, 0.15) is 0 Å². The number of anilines is 1. The summed E-state index contributed by atoms with van der Waals surface area (Å²) in [5, 5.41) is 2.85. The van der Waals surface area contributed by atoms with Crippen LogP contribution in [0, 0.1) is 0 Å². The van der Waals surface area contributed by atoms with Crippen molar-refractivity contribution in [2.75, 3.05) is 25.5 Å². The Labute approximate surface area is 255 Å². The summed E-state index contributed by atoms with van der Waals surface area (Å²) in [4.78, 5) is 52.8. The van der Waals surface area contributed by atoms with Crippen LogP contribution in [-0.2, 0) is 22.3 Å². The zero-order chi connectivity index (χ0) is 32.0. The first kappa shape index (κ1) is 32.4. The van der Waals surface area contributed by atoms with Crippen molar-refractivity contribution in [2.24, 2.45) is 0 Å². The second kappa shape index (κ2) is 13.9. The van der Waals surface area contributed by atoms with Gasteiger partial charge in [-0.05, 0) is 60.4 Å². The van der Waals surface area contributed by atoms with E-state index in [9.17, 15) is 32.3 Å². The summed E-state index contributed by atoms with van der Waals surface area (Å²) in [6.45, 7) is 2.38. The van der Waals surface area contributed by atoms with Gasteiger partial charge >= 0.3 is 6.18 Å². The van der Waals surface area contributed by atoms with Crippen LogP contribution >= 0.6 is 0 Å². The number of alkyl halides is 3. The molecular formula is C34H36F3N3O4. The van der Waals surface area contributed by atoms with E-state index in [4.69, 9.17) is 0 Å². The van der Waals surface area contributed by atoms with Crippen LogP contribution in [0.5, 0.6) is 0 Å². The van der Waals surface area contributed by atoms with Gasteiger partial charge in [-0.15, -0.1) is 0 Å². The predicted molar refractivity (Wildman–Crippen MR) is 162 cm³/mol. The molecule has 1 aliphatic heterocycles. The molecule has 10 heteroatoms. The molecule has 2 amide bonds. The van der Waals surface area contributed by atoms with E-state index in [1.54, 1.807) is 62.3 Å². The molecule has 0 radical (unpaired) electrons. The molecule has 4 rings (SSSR count). The minimum Gasteiger partial charge on any atom is -0.367 e. The third kappa shape index (κ3) is 7.92. The highest BCUT2D eigenvalue weighted by atomic mass is 19.4. The van der Waals surface area contributed by atoms with Crippen LogP contribution in [-0.4, -0.2) is 55.0 Å². The number of hydrogen-bond donors (Lipinski definition) is 1. The van der Waals surface area contributed by atoms with Gasteiger partial charge in [-0.2, -0.15) is 13.2 Å². The first-order chi connectivity index (χ1) is 20.9. The highest BCUT2D eigenvalue weighted by molar-refractivity contribution is 6.43. The molecule has 7 nitrogen and oxygen atoms in total. The zero-order valence-corrected chi connectivity index (χ0v) is 25.0. The Kier molecular flexibility index (Phi) is 10.2. The van der Waals surface area contributed by atoms with Crippen molar-refractivity contribution in [1.29, 1.82) is 0 Å². The monoisotopic (exact) mass is 607 g/mol.